The fourth-order valence-corrected chi connectivity index (χ4v) is 2.63. The Balaban J connectivity index is 2.41. The highest BCUT2D eigenvalue weighted by Gasteiger charge is 2.32. The van der Waals surface area contributed by atoms with Gasteiger partial charge in [-0.2, -0.15) is 0 Å². The monoisotopic (exact) mass is 243 g/mol. The molecule has 0 saturated carbocycles. The van der Waals surface area contributed by atoms with Gasteiger partial charge in [-0.15, -0.1) is 0 Å². The van der Waals surface area contributed by atoms with E-state index in [1.807, 2.05) is 31.2 Å². The Morgan fingerprint density at radius 1 is 1.44 bits per heavy atom. The Hall–Kier alpha value is -2.30. The number of amides is 2. The average molecular weight is 243 g/mol. The van der Waals surface area contributed by atoms with E-state index in [-0.39, 0.29) is 12.5 Å². The molecule has 1 aromatic heterocycles. The van der Waals surface area contributed by atoms with Crippen LogP contribution in [0.2, 0.25) is 0 Å². The number of para-hydroxylation sites is 1. The van der Waals surface area contributed by atoms with Crippen molar-refractivity contribution in [2.75, 3.05) is 6.54 Å². The van der Waals surface area contributed by atoms with Crippen molar-refractivity contribution < 1.29 is 9.59 Å². The molecule has 0 fully saturated rings. The molecule has 2 aromatic rings. The number of aromatic nitrogens is 1. The second-order valence-electron chi connectivity index (χ2n) is 4.49. The third-order valence-corrected chi connectivity index (χ3v) is 3.47. The van der Waals surface area contributed by atoms with Gasteiger partial charge in [-0.25, -0.2) is 0 Å². The Morgan fingerprint density at radius 2 is 2.17 bits per heavy atom. The molecule has 1 unspecified atom stereocenters. The van der Waals surface area contributed by atoms with Crippen LogP contribution in [0.25, 0.3) is 10.9 Å². The van der Waals surface area contributed by atoms with E-state index < -0.39 is 11.9 Å². The van der Waals surface area contributed by atoms with E-state index in [0.29, 0.717) is 5.69 Å². The number of primary amides is 1. The molecule has 0 aliphatic carbocycles. The average Bonchev–Trinajstić information content (AvgIpc) is 2.65. The lowest BCUT2D eigenvalue weighted by molar-refractivity contribution is -0.121. The third-order valence-electron chi connectivity index (χ3n) is 3.47. The molecule has 1 atom stereocenters. The summed E-state index contributed by atoms with van der Waals surface area (Å²) in [4.78, 5) is 23.5. The Kier molecular flexibility index (Phi) is 2.16. The SMILES string of the molecule is Cc1c2n(c3ccccc13)C(C(N)=O)CNC2=O. The zero-order chi connectivity index (χ0) is 12.9. The molecule has 2 heterocycles. The molecule has 0 spiro atoms. The van der Waals surface area contributed by atoms with Crippen molar-refractivity contribution in [1.82, 2.24) is 9.88 Å². The van der Waals surface area contributed by atoms with Crippen LogP contribution < -0.4 is 11.1 Å². The quantitative estimate of drug-likeness (QED) is 0.774. The van der Waals surface area contributed by atoms with Crippen molar-refractivity contribution >= 4 is 22.7 Å². The van der Waals surface area contributed by atoms with E-state index in [1.54, 1.807) is 4.57 Å². The predicted molar refractivity (Wildman–Crippen MR) is 67.2 cm³/mol. The van der Waals surface area contributed by atoms with Crippen molar-refractivity contribution in [1.29, 1.82) is 0 Å². The highest BCUT2D eigenvalue weighted by molar-refractivity contribution is 6.04. The molecule has 3 rings (SSSR count). The van der Waals surface area contributed by atoms with Gasteiger partial charge in [0.05, 0.1) is 0 Å². The van der Waals surface area contributed by atoms with Crippen LogP contribution in [0.5, 0.6) is 0 Å². The molecule has 18 heavy (non-hydrogen) atoms. The highest BCUT2D eigenvalue weighted by Crippen LogP contribution is 2.30. The summed E-state index contributed by atoms with van der Waals surface area (Å²) >= 11 is 0. The molecular weight excluding hydrogens is 230 g/mol. The number of hydrogen-bond acceptors (Lipinski definition) is 2. The molecule has 1 aliphatic heterocycles. The maximum atomic E-state index is 12.0. The van der Waals surface area contributed by atoms with Crippen LogP contribution in [-0.4, -0.2) is 22.9 Å². The van der Waals surface area contributed by atoms with Crippen molar-refractivity contribution in [3.63, 3.8) is 0 Å². The molecule has 0 saturated heterocycles. The van der Waals surface area contributed by atoms with E-state index in [1.165, 1.54) is 0 Å². The molecule has 1 aliphatic rings. The molecule has 5 nitrogen and oxygen atoms in total. The van der Waals surface area contributed by atoms with Crippen LogP contribution in [0.3, 0.4) is 0 Å². The van der Waals surface area contributed by atoms with Crippen LogP contribution >= 0.6 is 0 Å². The summed E-state index contributed by atoms with van der Waals surface area (Å²) in [7, 11) is 0. The first-order valence-electron chi connectivity index (χ1n) is 5.78. The van der Waals surface area contributed by atoms with E-state index in [0.717, 1.165) is 16.5 Å². The molecule has 5 heteroatoms. The standard InChI is InChI=1S/C13H13N3O2/c1-7-8-4-2-3-5-9(8)16-10(12(14)17)6-15-13(18)11(7)16/h2-5,10H,6H2,1H3,(H2,14,17)(H,15,18). The molecule has 0 bridgehead atoms. The van der Waals surface area contributed by atoms with Crippen LogP contribution in [0.15, 0.2) is 24.3 Å². The van der Waals surface area contributed by atoms with Gasteiger partial charge in [0.15, 0.2) is 0 Å². The summed E-state index contributed by atoms with van der Waals surface area (Å²) in [5.74, 6) is -0.585. The zero-order valence-corrected chi connectivity index (χ0v) is 9.93. The Morgan fingerprint density at radius 3 is 2.89 bits per heavy atom. The summed E-state index contributed by atoms with van der Waals surface area (Å²) < 4.78 is 1.76. The lowest BCUT2D eigenvalue weighted by Crippen LogP contribution is -2.44. The minimum atomic E-state index is -0.517. The van der Waals surface area contributed by atoms with Gasteiger partial charge in [-0.3, -0.25) is 9.59 Å². The van der Waals surface area contributed by atoms with Crippen molar-refractivity contribution in [2.45, 2.75) is 13.0 Å². The minimum absolute atomic E-state index is 0.152. The summed E-state index contributed by atoms with van der Waals surface area (Å²) in [6, 6.07) is 7.14. The fraction of sp³-hybridized carbons (Fsp3) is 0.231. The molecule has 92 valence electrons. The van der Waals surface area contributed by atoms with Crippen LogP contribution in [0, 0.1) is 6.92 Å². The highest BCUT2D eigenvalue weighted by atomic mass is 16.2. The van der Waals surface area contributed by atoms with E-state index in [4.69, 9.17) is 5.73 Å². The summed E-state index contributed by atoms with van der Waals surface area (Å²) in [6.07, 6.45) is 0. The van der Waals surface area contributed by atoms with Gasteiger partial charge in [0.1, 0.15) is 11.7 Å². The van der Waals surface area contributed by atoms with E-state index in [2.05, 4.69) is 5.32 Å². The van der Waals surface area contributed by atoms with Gasteiger partial charge in [0.25, 0.3) is 5.91 Å². The van der Waals surface area contributed by atoms with Crippen molar-refractivity contribution in [2.24, 2.45) is 5.73 Å². The van der Waals surface area contributed by atoms with Crippen molar-refractivity contribution in [3.8, 4) is 0 Å². The lowest BCUT2D eigenvalue weighted by atomic mass is 10.1. The summed E-state index contributed by atoms with van der Waals surface area (Å²) in [6.45, 7) is 2.14. The van der Waals surface area contributed by atoms with E-state index in [9.17, 15) is 9.59 Å². The number of fused-ring (bicyclic) bond motifs is 3. The molecule has 0 radical (unpaired) electrons. The maximum Gasteiger partial charge on any atom is 0.268 e. The number of rotatable bonds is 1. The van der Waals surface area contributed by atoms with E-state index >= 15 is 0 Å². The number of nitrogens with one attached hydrogen (secondary N) is 1. The number of nitrogens with two attached hydrogens (primary N) is 1. The number of aryl methyl sites for hydroxylation is 1. The molecular formula is C13H13N3O2. The smallest absolute Gasteiger partial charge is 0.268 e. The first kappa shape index (κ1) is 10.8. The lowest BCUT2D eigenvalue weighted by Gasteiger charge is -2.25. The first-order valence-corrected chi connectivity index (χ1v) is 5.78. The summed E-state index contributed by atoms with van der Waals surface area (Å²) in [5.41, 5.74) is 7.71. The minimum Gasteiger partial charge on any atom is -0.368 e. The summed E-state index contributed by atoms with van der Waals surface area (Å²) in [5, 5.41) is 3.69. The zero-order valence-electron chi connectivity index (χ0n) is 9.93. The number of benzene rings is 1. The van der Waals surface area contributed by atoms with Crippen molar-refractivity contribution in [3.05, 3.63) is 35.5 Å². The largest absolute Gasteiger partial charge is 0.368 e. The third kappa shape index (κ3) is 1.27. The fourth-order valence-electron chi connectivity index (χ4n) is 2.63. The van der Waals surface area contributed by atoms with Gasteiger partial charge < -0.3 is 15.6 Å². The second kappa shape index (κ2) is 3.60. The van der Waals surface area contributed by atoms with Crippen LogP contribution in [-0.2, 0) is 4.79 Å². The van der Waals surface area contributed by atoms with Crippen LogP contribution in [0.4, 0.5) is 0 Å². The molecule has 3 N–H and O–H groups in total. The van der Waals surface area contributed by atoms with Gasteiger partial charge in [-0.05, 0) is 18.6 Å². The van der Waals surface area contributed by atoms with Gasteiger partial charge in [-0.1, -0.05) is 18.2 Å². The maximum absolute atomic E-state index is 12.0. The number of carbonyl (C=O) groups is 2. The molecule has 1 aromatic carbocycles. The normalized spacial score (nSPS) is 18.5. The molecule has 2 amide bonds. The van der Waals surface area contributed by atoms with Crippen LogP contribution in [0.1, 0.15) is 22.1 Å². The van der Waals surface area contributed by atoms with Gasteiger partial charge in [0.2, 0.25) is 5.91 Å². The Bertz CT molecular complexity index is 672. The second-order valence-corrected chi connectivity index (χ2v) is 4.49. The van der Waals surface area contributed by atoms with Gasteiger partial charge in [0, 0.05) is 17.4 Å². The number of carbonyl (C=O) groups excluding carboxylic acids is 2. The Labute approximate surface area is 104 Å². The first-order chi connectivity index (χ1) is 8.61. The number of nitrogens with zero attached hydrogens (tertiary/aromatic N) is 1. The topological polar surface area (TPSA) is 77.1 Å². The number of hydrogen-bond donors (Lipinski definition) is 2. The predicted octanol–water partition coefficient (Wildman–Crippen LogP) is 0.720. The van der Waals surface area contributed by atoms with Gasteiger partial charge >= 0.3 is 0 Å².